The molecule has 1 aromatic heterocycles. The van der Waals surface area contributed by atoms with Gasteiger partial charge in [-0.2, -0.15) is 0 Å². The Labute approximate surface area is 87.9 Å². The SMILES string of the molecule is O=C(CO[C@H]1CCNC1)c1cnccn1. The summed E-state index contributed by atoms with van der Waals surface area (Å²) in [6, 6.07) is 0. The largest absolute Gasteiger partial charge is 0.369 e. The summed E-state index contributed by atoms with van der Waals surface area (Å²) in [6.45, 7) is 1.88. The number of aromatic nitrogens is 2. The summed E-state index contributed by atoms with van der Waals surface area (Å²) in [5, 5.41) is 3.17. The van der Waals surface area contributed by atoms with Crippen LogP contribution in [0, 0.1) is 0 Å². The number of rotatable bonds is 4. The maximum atomic E-state index is 11.6. The van der Waals surface area contributed by atoms with Crippen LogP contribution >= 0.6 is 0 Å². The fourth-order valence-corrected chi connectivity index (χ4v) is 1.48. The van der Waals surface area contributed by atoms with Crippen LogP contribution in [-0.2, 0) is 4.74 Å². The number of ether oxygens (including phenoxy) is 1. The number of carbonyl (C=O) groups is 1. The van der Waals surface area contributed by atoms with Crippen LogP contribution in [0.15, 0.2) is 18.6 Å². The molecule has 2 rings (SSSR count). The lowest BCUT2D eigenvalue weighted by Gasteiger charge is -2.08. The lowest BCUT2D eigenvalue weighted by Crippen LogP contribution is -2.21. The van der Waals surface area contributed by atoms with E-state index in [0.29, 0.717) is 5.69 Å². The van der Waals surface area contributed by atoms with E-state index in [9.17, 15) is 4.79 Å². The third-order valence-electron chi connectivity index (χ3n) is 2.31. The van der Waals surface area contributed by atoms with Gasteiger partial charge in [0.05, 0.1) is 12.3 Å². The van der Waals surface area contributed by atoms with Gasteiger partial charge in [-0.15, -0.1) is 0 Å². The standard InChI is InChI=1S/C10H13N3O2/c14-10(9-6-12-3-4-13-9)7-15-8-1-2-11-5-8/h3-4,6,8,11H,1-2,5,7H2/t8-/m0/s1. The second-order valence-electron chi connectivity index (χ2n) is 3.44. The molecule has 0 aromatic carbocycles. The van der Waals surface area contributed by atoms with E-state index < -0.39 is 0 Å². The molecule has 1 aromatic rings. The molecule has 1 aliphatic rings. The van der Waals surface area contributed by atoms with Crippen LogP contribution in [0.25, 0.3) is 0 Å². The van der Waals surface area contributed by atoms with Gasteiger partial charge >= 0.3 is 0 Å². The summed E-state index contributed by atoms with van der Waals surface area (Å²) < 4.78 is 5.44. The Morgan fingerprint density at radius 3 is 3.20 bits per heavy atom. The Morgan fingerprint density at radius 2 is 2.53 bits per heavy atom. The molecule has 1 fully saturated rings. The molecule has 0 spiro atoms. The van der Waals surface area contributed by atoms with Gasteiger partial charge in [0.2, 0.25) is 5.78 Å². The Morgan fingerprint density at radius 1 is 1.60 bits per heavy atom. The zero-order valence-electron chi connectivity index (χ0n) is 8.35. The Balaban J connectivity index is 1.82. The molecule has 0 aliphatic carbocycles. The topological polar surface area (TPSA) is 64.1 Å². The quantitative estimate of drug-likeness (QED) is 0.706. The molecule has 0 bridgehead atoms. The molecule has 2 heterocycles. The normalized spacial score (nSPS) is 20.4. The second kappa shape index (κ2) is 4.95. The average molecular weight is 207 g/mol. The van der Waals surface area contributed by atoms with Crippen LogP contribution in [0.1, 0.15) is 16.9 Å². The molecule has 1 atom stereocenters. The molecule has 1 N–H and O–H groups in total. The maximum absolute atomic E-state index is 11.6. The highest BCUT2D eigenvalue weighted by Gasteiger charge is 2.17. The number of hydrogen-bond acceptors (Lipinski definition) is 5. The molecule has 0 unspecified atom stereocenters. The maximum Gasteiger partial charge on any atom is 0.208 e. The van der Waals surface area contributed by atoms with Crippen LogP contribution in [0.2, 0.25) is 0 Å². The van der Waals surface area contributed by atoms with E-state index in [1.165, 1.54) is 12.4 Å². The molecule has 1 saturated heterocycles. The first kappa shape index (κ1) is 10.2. The second-order valence-corrected chi connectivity index (χ2v) is 3.44. The minimum absolute atomic E-state index is 0.0883. The minimum atomic E-state index is -0.116. The van der Waals surface area contributed by atoms with Crippen LogP contribution in [0.4, 0.5) is 0 Å². The third-order valence-corrected chi connectivity index (χ3v) is 2.31. The molecule has 0 amide bonds. The number of Topliss-reactive ketones (excluding diaryl/α,β-unsaturated/α-hetero) is 1. The van der Waals surface area contributed by atoms with Crippen molar-refractivity contribution in [3.05, 3.63) is 24.3 Å². The van der Waals surface area contributed by atoms with Crippen molar-refractivity contribution in [2.45, 2.75) is 12.5 Å². The molecular formula is C10H13N3O2. The predicted molar refractivity (Wildman–Crippen MR) is 53.6 cm³/mol. The van der Waals surface area contributed by atoms with Crippen molar-refractivity contribution in [1.82, 2.24) is 15.3 Å². The lowest BCUT2D eigenvalue weighted by molar-refractivity contribution is 0.0525. The molecule has 0 saturated carbocycles. The van der Waals surface area contributed by atoms with E-state index in [1.807, 2.05) is 0 Å². The van der Waals surface area contributed by atoms with Gasteiger partial charge in [-0.3, -0.25) is 9.78 Å². The predicted octanol–water partition coefficient (Wildman–Crippen LogP) is 0.0378. The summed E-state index contributed by atoms with van der Waals surface area (Å²) in [5.41, 5.74) is 0.364. The third kappa shape index (κ3) is 2.81. The van der Waals surface area contributed by atoms with Crippen LogP contribution in [0.5, 0.6) is 0 Å². The molecule has 15 heavy (non-hydrogen) atoms. The number of nitrogens with one attached hydrogen (secondary N) is 1. The van der Waals surface area contributed by atoms with Crippen molar-refractivity contribution >= 4 is 5.78 Å². The van der Waals surface area contributed by atoms with Gasteiger partial charge in [-0.25, -0.2) is 4.98 Å². The molecule has 80 valence electrons. The Kier molecular flexibility index (Phi) is 3.37. The zero-order valence-corrected chi connectivity index (χ0v) is 8.35. The van der Waals surface area contributed by atoms with Crippen molar-refractivity contribution in [3.63, 3.8) is 0 Å². The lowest BCUT2D eigenvalue weighted by atomic mass is 10.3. The van der Waals surface area contributed by atoms with E-state index in [1.54, 1.807) is 6.20 Å². The summed E-state index contributed by atoms with van der Waals surface area (Å²) in [6.07, 6.45) is 5.63. The van der Waals surface area contributed by atoms with Gasteiger partial charge in [0, 0.05) is 18.9 Å². The van der Waals surface area contributed by atoms with E-state index in [0.717, 1.165) is 19.5 Å². The van der Waals surface area contributed by atoms with Gasteiger partial charge in [0.25, 0.3) is 0 Å². The number of carbonyl (C=O) groups excluding carboxylic acids is 1. The summed E-state index contributed by atoms with van der Waals surface area (Å²) in [5.74, 6) is -0.116. The molecular weight excluding hydrogens is 194 g/mol. The minimum Gasteiger partial charge on any atom is -0.369 e. The van der Waals surface area contributed by atoms with Gasteiger partial charge in [-0.1, -0.05) is 0 Å². The van der Waals surface area contributed by atoms with Crippen molar-refractivity contribution in [1.29, 1.82) is 0 Å². The van der Waals surface area contributed by atoms with Crippen molar-refractivity contribution < 1.29 is 9.53 Å². The number of hydrogen-bond donors (Lipinski definition) is 1. The summed E-state index contributed by atoms with van der Waals surface area (Å²) >= 11 is 0. The van der Waals surface area contributed by atoms with Gasteiger partial charge < -0.3 is 10.1 Å². The highest BCUT2D eigenvalue weighted by molar-refractivity contribution is 5.94. The molecule has 0 radical (unpaired) electrons. The number of nitrogens with zero attached hydrogens (tertiary/aromatic N) is 2. The molecule has 1 aliphatic heterocycles. The molecule has 5 heteroatoms. The first-order chi connectivity index (χ1) is 7.36. The smallest absolute Gasteiger partial charge is 0.208 e. The van der Waals surface area contributed by atoms with E-state index in [4.69, 9.17) is 4.74 Å². The van der Waals surface area contributed by atoms with E-state index in [2.05, 4.69) is 15.3 Å². The highest BCUT2D eigenvalue weighted by atomic mass is 16.5. The fraction of sp³-hybridized carbons (Fsp3) is 0.500. The Hall–Kier alpha value is -1.33. The summed E-state index contributed by atoms with van der Waals surface area (Å²) in [4.78, 5) is 19.3. The van der Waals surface area contributed by atoms with E-state index in [-0.39, 0.29) is 18.5 Å². The molecule has 5 nitrogen and oxygen atoms in total. The number of ketones is 1. The van der Waals surface area contributed by atoms with Crippen LogP contribution in [0.3, 0.4) is 0 Å². The highest BCUT2D eigenvalue weighted by Crippen LogP contribution is 2.04. The van der Waals surface area contributed by atoms with Gasteiger partial charge in [0.1, 0.15) is 12.3 Å². The van der Waals surface area contributed by atoms with Gasteiger partial charge in [-0.05, 0) is 13.0 Å². The van der Waals surface area contributed by atoms with Crippen LogP contribution < -0.4 is 5.32 Å². The fourth-order valence-electron chi connectivity index (χ4n) is 1.48. The zero-order chi connectivity index (χ0) is 10.5. The average Bonchev–Trinajstić information content (AvgIpc) is 2.80. The van der Waals surface area contributed by atoms with Gasteiger partial charge in [0.15, 0.2) is 0 Å². The van der Waals surface area contributed by atoms with Crippen molar-refractivity contribution in [2.24, 2.45) is 0 Å². The van der Waals surface area contributed by atoms with Crippen molar-refractivity contribution in [2.75, 3.05) is 19.7 Å². The summed E-state index contributed by atoms with van der Waals surface area (Å²) in [7, 11) is 0. The first-order valence-corrected chi connectivity index (χ1v) is 4.98. The van der Waals surface area contributed by atoms with Crippen molar-refractivity contribution in [3.8, 4) is 0 Å². The van der Waals surface area contributed by atoms with E-state index >= 15 is 0 Å². The monoisotopic (exact) mass is 207 g/mol. The van der Waals surface area contributed by atoms with Crippen LogP contribution in [-0.4, -0.2) is 41.6 Å². The first-order valence-electron chi connectivity index (χ1n) is 4.98. The Bertz CT molecular complexity index is 323.